The molecule has 40 heavy (non-hydrogen) atoms. The number of nitrogens with zero attached hydrogens (tertiary/aromatic N) is 1. The van der Waals surface area contributed by atoms with Gasteiger partial charge in [0.25, 0.3) is 0 Å². The summed E-state index contributed by atoms with van der Waals surface area (Å²) in [6.07, 6.45) is -4.42. The molecule has 0 aliphatic carbocycles. The fourth-order valence-electron chi connectivity index (χ4n) is 3.69. The third-order valence-electron chi connectivity index (χ3n) is 5.72. The number of hydrogen-bond donors (Lipinski definition) is 0. The molecule has 0 aliphatic heterocycles. The van der Waals surface area contributed by atoms with Gasteiger partial charge in [-0.05, 0) is 65.2 Å². The van der Waals surface area contributed by atoms with E-state index in [1.54, 1.807) is 24.3 Å². The van der Waals surface area contributed by atoms with Crippen molar-refractivity contribution in [1.82, 2.24) is 5.06 Å². The summed E-state index contributed by atoms with van der Waals surface area (Å²) in [5.74, 6) is 5.83. The van der Waals surface area contributed by atoms with Gasteiger partial charge in [0.1, 0.15) is 12.4 Å². The highest BCUT2D eigenvalue weighted by molar-refractivity contribution is 6.20. The highest BCUT2D eigenvalue weighted by Crippen LogP contribution is 2.29. The van der Waals surface area contributed by atoms with E-state index in [-0.39, 0.29) is 19.4 Å². The molecular weight excluding hydrogens is 519 g/mol. The number of ether oxygens (including phenoxy) is 1. The van der Waals surface area contributed by atoms with E-state index in [0.29, 0.717) is 12.2 Å². The first-order valence-corrected chi connectivity index (χ1v) is 12.2. The number of hydrogen-bond acceptors (Lipinski definition) is 5. The number of hydroxylamine groups is 2. The van der Waals surface area contributed by atoms with E-state index in [9.17, 15) is 22.8 Å². The Morgan fingerprint density at radius 1 is 0.725 bits per heavy atom. The lowest BCUT2D eigenvalue weighted by Gasteiger charge is -2.20. The first-order chi connectivity index (χ1) is 19.3. The van der Waals surface area contributed by atoms with Crippen LogP contribution in [0.4, 0.5) is 13.2 Å². The molecule has 8 heteroatoms. The summed E-state index contributed by atoms with van der Waals surface area (Å²) in [4.78, 5) is 27.4. The van der Waals surface area contributed by atoms with Crippen molar-refractivity contribution < 1.29 is 32.3 Å². The predicted molar refractivity (Wildman–Crippen MR) is 142 cm³/mol. The second-order valence-electron chi connectivity index (χ2n) is 8.77. The Morgan fingerprint density at radius 2 is 1.25 bits per heavy atom. The van der Waals surface area contributed by atoms with Crippen molar-refractivity contribution in [2.45, 2.75) is 25.9 Å². The van der Waals surface area contributed by atoms with Crippen molar-refractivity contribution in [3.05, 3.63) is 137 Å². The van der Waals surface area contributed by atoms with Gasteiger partial charge in [0.2, 0.25) is 6.29 Å². The van der Waals surface area contributed by atoms with Crippen LogP contribution in [-0.4, -0.2) is 17.3 Å². The van der Waals surface area contributed by atoms with Crippen molar-refractivity contribution in [3.63, 3.8) is 0 Å². The summed E-state index contributed by atoms with van der Waals surface area (Å²) in [5.41, 5.74) is 3.10. The van der Waals surface area contributed by atoms with E-state index in [1.807, 2.05) is 54.6 Å². The Balaban J connectivity index is 1.36. The standard InChI is InChI=1S/C32H24F3NO4/c33-32(34,35)29-16-12-27(13-17-29)21-36(40-31(38)22-37)20-26-10-8-24(9-11-26)6-7-25-14-18-30(19-15-25)39-23-28-4-2-1-3-5-28/h1-5,8-19,22H,20-21,23H2. The zero-order chi connectivity index (χ0) is 28.4. The Bertz CT molecular complexity index is 1470. The summed E-state index contributed by atoms with van der Waals surface area (Å²) in [6, 6.07) is 29.1. The fourth-order valence-corrected chi connectivity index (χ4v) is 3.69. The molecular formula is C32H24F3NO4. The molecule has 0 fully saturated rings. The molecule has 202 valence electrons. The van der Waals surface area contributed by atoms with Gasteiger partial charge in [0, 0.05) is 11.1 Å². The van der Waals surface area contributed by atoms with Crippen molar-refractivity contribution in [1.29, 1.82) is 0 Å². The van der Waals surface area contributed by atoms with Gasteiger partial charge in [-0.15, -0.1) is 5.06 Å². The van der Waals surface area contributed by atoms with Crippen molar-refractivity contribution in [3.8, 4) is 17.6 Å². The van der Waals surface area contributed by atoms with Crippen LogP contribution in [0.3, 0.4) is 0 Å². The van der Waals surface area contributed by atoms with Gasteiger partial charge in [-0.1, -0.05) is 66.4 Å². The van der Waals surface area contributed by atoms with E-state index in [4.69, 9.17) is 9.57 Å². The topological polar surface area (TPSA) is 55.8 Å². The van der Waals surface area contributed by atoms with Gasteiger partial charge in [0.05, 0.1) is 18.7 Å². The molecule has 0 amide bonds. The lowest BCUT2D eigenvalue weighted by atomic mass is 10.1. The maximum Gasteiger partial charge on any atom is 0.416 e. The molecule has 0 saturated carbocycles. The second-order valence-corrected chi connectivity index (χ2v) is 8.77. The monoisotopic (exact) mass is 543 g/mol. The summed E-state index contributed by atoms with van der Waals surface area (Å²) in [6.45, 7) is 0.581. The highest BCUT2D eigenvalue weighted by Gasteiger charge is 2.30. The first-order valence-electron chi connectivity index (χ1n) is 12.2. The van der Waals surface area contributed by atoms with Gasteiger partial charge in [-0.3, -0.25) is 4.79 Å². The van der Waals surface area contributed by atoms with Gasteiger partial charge < -0.3 is 9.57 Å². The van der Waals surface area contributed by atoms with Gasteiger partial charge in [-0.2, -0.15) is 13.2 Å². The van der Waals surface area contributed by atoms with E-state index < -0.39 is 17.7 Å². The highest BCUT2D eigenvalue weighted by atomic mass is 19.4. The Labute approximate surface area is 229 Å². The van der Waals surface area contributed by atoms with Crippen molar-refractivity contribution in [2.24, 2.45) is 0 Å². The molecule has 0 heterocycles. The number of aldehydes is 1. The molecule has 0 bridgehead atoms. The lowest BCUT2D eigenvalue weighted by molar-refractivity contribution is -0.195. The molecule has 0 spiro atoms. The van der Waals surface area contributed by atoms with Crippen LogP contribution in [0.15, 0.2) is 103 Å². The van der Waals surface area contributed by atoms with Gasteiger partial charge >= 0.3 is 12.1 Å². The second kappa shape index (κ2) is 13.3. The number of rotatable bonds is 9. The molecule has 0 radical (unpaired) electrons. The molecule has 5 nitrogen and oxygen atoms in total. The zero-order valence-corrected chi connectivity index (χ0v) is 21.2. The molecule has 0 saturated heterocycles. The lowest BCUT2D eigenvalue weighted by Crippen LogP contribution is -2.27. The van der Waals surface area contributed by atoms with Crippen LogP contribution in [0.2, 0.25) is 0 Å². The molecule has 4 aromatic rings. The zero-order valence-electron chi connectivity index (χ0n) is 21.2. The smallest absolute Gasteiger partial charge is 0.416 e. The molecule has 0 aromatic heterocycles. The fraction of sp³-hybridized carbons (Fsp3) is 0.125. The number of halogens is 3. The van der Waals surface area contributed by atoms with Gasteiger partial charge in [-0.25, -0.2) is 4.79 Å². The summed E-state index contributed by atoms with van der Waals surface area (Å²) in [7, 11) is 0. The third kappa shape index (κ3) is 8.58. The van der Waals surface area contributed by atoms with E-state index in [1.165, 1.54) is 17.2 Å². The molecule has 0 unspecified atom stereocenters. The minimum Gasteiger partial charge on any atom is -0.489 e. The van der Waals surface area contributed by atoms with Crippen LogP contribution in [0.1, 0.15) is 33.4 Å². The van der Waals surface area contributed by atoms with Gasteiger partial charge in [0.15, 0.2) is 0 Å². The molecule has 4 rings (SSSR count). The largest absolute Gasteiger partial charge is 0.489 e. The molecule has 4 aromatic carbocycles. The Morgan fingerprint density at radius 3 is 1.77 bits per heavy atom. The molecule has 0 aliphatic rings. The van der Waals surface area contributed by atoms with Crippen LogP contribution in [-0.2, 0) is 40.3 Å². The normalized spacial score (nSPS) is 10.9. The van der Waals surface area contributed by atoms with Crippen LogP contribution in [0.25, 0.3) is 0 Å². The summed E-state index contributed by atoms with van der Waals surface area (Å²) >= 11 is 0. The van der Waals surface area contributed by atoms with E-state index in [2.05, 4.69) is 11.8 Å². The minimum atomic E-state index is -4.45. The summed E-state index contributed by atoms with van der Waals surface area (Å²) in [5, 5.41) is 1.21. The number of carbonyl (C=O) groups is 2. The summed E-state index contributed by atoms with van der Waals surface area (Å²) < 4.78 is 44.3. The van der Waals surface area contributed by atoms with E-state index >= 15 is 0 Å². The van der Waals surface area contributed by atoms with E-state index in [0.717, 1.165) is 40.1 Å². The Hall–Kier alpha value is -4.87. The van der Waals surface area contributed by atoms with Crippen LogP contribution in [0.5, 0.6) is 5.75 Å². The van der Waals surface area contributed by atoms with Crippen LogP contribution < -0.4 is 4.74 Å². The number of alkyl halides is 3. The maximum absolute atomic E-state index is 12.8. The van der Waals surface area contributed by atoms with Crippen molar-refractivity contribution in [2.75, 3.05) is 0 Å². The van der Waals surface area contributed by atoms with Crippen LogP contribution >= 0.6 is 0 Å². The quantitative estimate of drug-likeness (QED) is 0.107. The first kappa shape index (κ1) is 28.1. The third-order valence-corrected chi connectivity index (χ3v) is 5.72. The molecule has 0 atom stereocenters. The average molecular weight is 544 g/mol. The number of carbonyl (C=O) groups excluding carboxylic acids is 2. The van der Waals surface area contributed by atoms with Crippen LogP contribution in [0, 0.1) is 11.8 Å². The minimum absolute atomic E-state index is 0.00959. The predicted octanol–water partition coefficient (Wildman–Crippen LogP) is 6.34. The average Bonchev–Trinajstić information content (AvgIpc) is 2.96. The molecule has 0 N–H and O–H groups in total. The van der Waals surface area contributed by atoms with Crippen molar-refractivity contribution >= 4 is 12.3 Å². The SMILES string of the molecule is O=CC(=O)ON(Cc1ccc(C#Cc2ccc(OCc3ccccc3)cc2)cc1)Cc1ccc(C(F)(F)F)cc1. The number of benzene rings is 4. The Kier molecular flexibility index (Phi) is 9.34. The maximum atomic E-state index is 12.8.